The molecule has 1 saturated carbocycles. The summed E-state index contributed by atoms with van der Waals surface area (Å²) in [5, 5.41) is 12.2. The molecule has 1 amide bonds. The number of nitrogens with zero attached hydrogens (tertiary/aromatic N) is 1. The van der Waals surface area contributed by atoms with Gasteiger partial charge < -0.3 is 10.4 Å². The molecule has 2 N–H and O–H groups in total. The largest absolute Gasteiger partial charge is 0.393 e. The van der Waals surface area contributed by atoms with Gasteiger partial charge in [0.2, 0.25) is 5.95 Å². The lowest BCUT2D eigenvalue weighted by molar-refractivity contribution is 0.0867. The molecule has 4 nitrogen and oxygen atoms in total. The van der Waals surface area contributed by atoms with E-state index in [1.165, 1.54) is 12.3 Å². The number of hydrogen-bond donors (Lipinski definition) is 2. The van der Waals surface area contributed by atoms with E-state index in [4.69, 9.17) is 0 Å². The number of aliphatic hydroxyl groups excluding tert-OH is 1. The van der Waals surface area contributed by atoms with Crippen molar-refractivity contribution in [1.82, 2.24) is 10.3 Å². The number of pyridine rings is 1. The predicted octanol–water partition coefficient (Wildman–Crippen LogP) is 1.25. The van der Waals surface area contributed by atoms with Gasteiger partial charge in [-0.2, -0.15) is 4.39 Å². The van der Waals surface area contributed by atoms with Crippen molar-refractivity contribution in [1.29, 1.82) is 0 Å². The van der Waals surface area contributed by atoms with Crippen molar-refractivity contribution in [2.45, 2.75) is 37.8 Å². The molecule has 1 aliphatic carbocycles. The Hall–Kier alpha value is -1.49. The SMILES string of the molecule is O=C(N[C@H]1CC[C@H](O)CC1)c1ccnc(F)c1. The minimum Gasteiger partial charge on any atom is -0.393 e. The maximum atomic E-state index is 12.8. The van der Waals surface area contributed by atoms with Gasteiger partial charge >= 0.3 is 0 Å². The smallest absolute Gasteiger partial charge is 0.251 e. The van der Waals surface area contributed by atoms with E-state index in [-0.39, 0.29) is 23.6 Å². The minimum atomic E-state index is -0.656. The number of rotatable bonds is 2. The number of aliphatic hydroxyl groups is 1. The van der Waals surface area contributed by atoms with Crippen molar-refractivity contribution in [3.63, 3.8) is 0 Å². The first-order valence-electron chi connectivity index (χ1n) is 5.75. The Morgan fingerprint density at radius 3 is 2.76 bits per heavy atom. The second-order valence-electron chi connectivity index (χ2n) is 4.35. The van der Waals surface area contributed by atoms with Crippen LogP contribution < -0.4 is 5.32 Å². The van der Waals surface area contributed by atoms with Crippen LogP contribution in [0.2, 0.25) is 0 Å². The van der Waals surface area contributed by atoms with Crippen LogP contribution in [0.4, 0.5) is 4.39 Å². The van der Waals surface area contributed by atoms with Crippen LogP contribution in [0.15, 0.2) is 18.3 Å². The van der Waals surface area contributed by atoms with E-state index in [1.807, 2.05) is 0 Å². The predicted molar refractivity (Wildman–Crippen MR) is 59.9 cm³/mol. The highest BCUT2D eigenvalue weighted by atomic mass is 19.1. The number of nitrogens with one attached hydrogen (secondary N) is 1. The van der Waals surface area contributed by atoms with Gasteiger partial charge in [-0.05, 0) is 31.7 Å². The monoisotopic (exact) mass is 238 g/mol. The second kappa shape index (κ2) is 5.23. The van der Waals surface area contributed by atoms with Crippen LogP contribution in [0.1, 0.15) is 36.0 Å². The second-order valence-corrected chi connectivity index (χ2v) is 4.35. The Morgan fingerprint density at radius 2 is 2.12 bits per heavy atom. The maximum absolute atomic E-state index is 12.8. The zero-order chi connectivity index (χ0) is 12.3. The molecule has 1 fully saturated rings. The van der Waals surface area contributed by atoms with E-state index < -0.39 is 5.95 Å². The Kier molecular flexibility index (Phi) is 3.68. The van der Waals surface area contributed by atoms with E-state index in [9.17, 15) is 14.3 Å². The van der Waals surface area contributed by atoms with Crippen LogP contribution in [0.3, 0.4) is 0 Å². The molecule has 92 valence electrons. The summed E-state index contributed by atoms with van der Waals surface area (Å²) in [6.45, 7) is 0. The molecule has 0 radical (unpaired) electrons. The highest BCUT2D eigenvalue weighted by molar-refractivity contribution is 5.94. The van der Waals surface area contributed by atoms with Crippen LogP contribution in [0.25, 0.3) is 0 Å². The highest BCUT2D eigenvalue weighted by Gasteiger charge is 2.21. The average molecular weight is 238 g/mol. The van der Waals surface area contributed by atoms with Crippen LogP contribution in [-0.2, 0) is 0 Å². The fourth-order valence-corrected chi connectivity index (χ4v) is 2.03. The molecular weight excluding hydrogens is 223 g/mol. The van der Waals surface area contributed by atoms with Crippen molar-refractivity contribution in [2.75, 3.05) is 0 Å². The van der Waals surface area contributed by atoms with Crippen molar-refractivity contribution in [3.05, 3.63) is 29.8 Å². The summed E-state index contributed by atoms with van der Waals surface area (Å²) in [7, 11) is 0. The van der Waals surface area contributed by atoms with Gasteiger partial charge in [-0.25, -0.2) is 4.98 Å². The van der Waals surface area contributed by atoms with Gasteiger partial charge in [0.25, 0.3) is 5.91 Å². The molecule has 0 saturated heterocycles. The molecule has 0 unspecified atom stereocenters. The van der Waals surface area contributed by atoms with Gasteiger partial charge in [-0.15, -0.1) is 0 Å². The third-order valence-electron chi connectivity index (χ3n) is 3.02. The lowest BCUT2D eigenvalue weighted by Crippen LogP contribution is -2.38. The third-order valence-corrected chi connectivity index (χ3v) is 3.02. The fraction of sp³-hybridized carbons (Fsp3) is 0.500. The molecule has 1 aliphatic rings. The van der Waals surface area contributed by atoms with Crippen molar-refractivity contribution in [2.24, 2.45) is 0 Å². The molecule has 1 heterocycles. The number of carbonyl (C=O) groups excluding carboxylic acids is 1. The van der Waals surface area contributed by atoms with E-state index in [1.54, 1.807) is 0 Å². The van der Waals surface area contributed by atoms with Gasteiger partial charge in [0.15, 0.2) is 0 Å². The van der Waals surface area contributed by atoms with Gasteiger partial charge in [0.05, 0.1) is 6.10 Å². The third kappa shape index (κ3) is 3.23. The van der Waals surface area contributed by atoms with Gasteiger partial charge in [0, 0.05) is 23.9 Å². The molecule has 1 aromatic rings. The highest BCUT2D eigenvalue weighted by Crippen LogP contribution is 2.18. The number of hydrogen-bond acceptors (Lipinski definition) is 3. The lowest BCUT2D eigenvalue weighted by Gasteiger charge is -2.26. The Balaban J connectivity index is 1.93. The first kappa shape index (κ1) is 12.0. The molecule has 0 aliphatic heterocycles. The fourth-order valence-electron chi connectivity index (χ4n) is 2.03. The van der Waals surface area contributed by atoms with Gasteiger partial charge in [-0.3, -0.25) is 4.79 Å². The molecule has 17 heavy (non-hydrogen) atoms. The minimum absolute atomic E-state index is 0.0714. The molecule has 1 aromatic heterocycles. The summed E-state index contributed by atoms with van der Waals surface area (Å²) in [5.41, 5.74) is 0.281. The normalized spacial score (nSPS) is 24.4. The lowest BCUT2D eigenvalue weighted by atomic mass is 9.93. The van der Waals surface area contributed by atoms with Crippen LogP contribution in [-0.4, -0.2) is 28.1 Å². The zero-order valence-electron chi connectivity index (χ0n) is 9.40. The summed E-state index contributed by atoms with van der Waals surface area (Å²) in [6.07, 6.45) is 3.96. The number of aromatic nitrogens is 1. The number of halogens is 1. The Bertz CT molecular complexity index is 403. The van der Waals surface area contributed by atoms with Crippen LogP contribution in [0.5, 0.6) is 0 Å². The van der Waals surface area contributed by atoms with Crippen molar-refractivity contribution in [3.8, 4) is 0 Å². The number of carbonyl (C=O) groups is 1. The molecule has 0 aromatic carbocycles. The average Bonchev–Trinajstić information content (AvgIpc) is 2.32. The molecule has 5 heteroatoms. The molecular formula is C12H15FN2O2. The van der Waals surface area contributed by atoms with Gasteiger partial charge in [-0.1, -0.05) is 0 Å². The van der Waals surface area contributed by atoms with Crippen LogP contribution in [0, 0.1) is 5.95 Å². The van der Waals surface area contributed by atoms with E-state index >= 15 is 0 Å². The van der Waals surface area contributed by atoms with E-state index in [0.717, 1.165) is 18.9 Å². The van der Waals surface area contributed by atoms with Crippen LogP contribution >= 0.6 is 0 Å². The maximum Gasteiger partial charge on any atom is 0.251 e. The van der Waals surface area contributed by atoms with Crippen molar-refractivity contribution >= 4 is 5.91 Å². The quantitative estimate of drug-likeness (QED) is 0.762. The summed E-state index contributed by atoms with van der Waals surface area (Å²) >= 11 is 0. The Morgan fingerprint density at radius 1 is 1.41 bits per heavy atom. The zero-order valence-corrected chi connectivity index (χ0v) is 9.40. The van der Waals surface area contributed by atoms with Crippen molar-refractivity contribution < 1.29 is 14.3 Å². The van der Waals surface area contributed by atoms with Gasteiger partial charge in [0.1, 0.15) is 0 Å². The van der Waals surface area contributed by atoms with E-state index in [2.05, 4.69) is 10.3 Å². The topological polar surface area (TPSA) is 62.2 Å². The Labute approximate surface area is 98.9 Å². The molecule has 0 spiro atoms. The summed E-state index contributed by atoms with van der Waals surface area (Å²) < 4.78 is 12.8. The molecule has 0 bridgehead atoms. The molecule has 0 atom stereocenters. The van der Waals surface area contributed by atoms with E-state index in [0.29, 0.717) is 12.8 Å². The first-order valence-corrected chi connectivity index (χ1v) is 5.75. The number of amides is 1. The summed E-state index contributed by atoms with van der Waals surface area (Å²) in [5.74, 6) is -0.940. The summed E-state index contributed by atoms with van der Waals surface area (Å²) in [6, 6.07) is 2.67. The molecule has 2 rings (SSSR count). The first-order chi connectivity index (χ1) is 8.15. The summed E-state index contributed by atoms with van der Waals surface area (Å²) in [4.78, 5) is 15.2. The standard InChI is InChI=1S/C12H15FN2O2/c13-11-7-8(5-6-14-11)12(17)15-9-1-3-10(16)4-2-9/h5-7,9-10,16H,1-4H2,(H,15,17)/t9-,10-.